The number of benzene rings is 1. The van der Waals surface area contributed by atoms with E-state index < -0.39 is 22.0 Å². The third kappa shape index (κ3) is 4.80. The maximum atomic E-state index is 12.6. The second kappa shape index (κ2) is 7.78. The number of carboxylic acid groups (broad SMARTS) is 1. The summed E-state index contributed by atoms with van der Waals surface area (Å²) in [5.41, 5.74) is 0.909. The average molecular weight is 372 g/mol. The van der Waals surface area contributed by atoms with E-state index in [1.807, 2.05) is 30.3 Å². The maximum Gasteiger partial charge on any atom is 0.303 e. The normalized spacial score (nSPS) is 12.9. The van der Waals surface area contributed by atoms with Crippen molar-refractivity contribution in [2.24, 2.45) is 7.05 Å². The first-order chi connectivity index (χ1) is 11.3. The van der Waals surface area contributed by atoms with Crippen LogP contribution in [0.5, 0.6) is 0 Å². The van der Waals surface area contributed by atoms with Crippen molar-refractivity contribution < 1.29 is 18.3 Å². The first-order valence-corrected chi connectivity index (χ1v) is 9.11. The van der Waals surface area contributed by atoms with Gasteiger partial charge in [0.15, 0.2) is 5.03 Å². The molecule has 0 fully saturated rings. The number of halogens is 1. The third-order valence-electron chi connectivity index (χ3n) is 3.45. The fourth-order valence-corrected chi connectivity index (χ4v) is 4.30. The van der Waals surface area contributed by atoms with Gasteiger partial charge in [-0.2, -0.15) is 5.10 Å². The van der Waals surface area contributed by atoms with Crippen LogP contribution < -0.4 is 4.72 Å². The fourth-order valence-electron chi connectivity index (χ4n) is 2.38. The molecule has 2 aromatic rings. The van der Waals surface area contributed by atoms with Crippen molar-refractivity contribution in [1.82, 2.24) is 14.5 Å². The van der Waals surface area contributed by atoms with Gasteiger partial charge in [-0.15, -0.1) is 0 Å². The number of aromatic nitrogens is 2. The number of sulfonamides is 1. The molecule has 24 heavy (non-hydrogen) atoms. The van der Waals surface area contributed by atoms with Gasteiger partial charge in [0.25, 0.3) is 10.0 Å². The van der Waals surface area contributed by atoms with Crippen LogP contribution in [-0.4, -0.2) is 35.3 Å². The first kappa shape index (κ1) is 18.4. The highest BCUT2D eigenvalue weighted by Gasteiger charge is 2.26. The number of aliphatic carboxylic acids is 1. The minimum atomic E-state index is -3.92. The molecule has 7 nitrogen and oxygen atoms in total. The maximum absolute atomic E-state index is 12.6. The van der Waals surface area contributed by atoms with Crippen LogP contribution in [-0.2, 0) is 28.3 Å². The van der Waals surface area contributed by atoms with Gasteiger partial charge in [0, 0.05) is 19.5 Å². The van der Waals surface area contributed by atoms with Crippen LogP contribution in [0.3, 0.4) is 0 Å². The lowest BCUT2D eigenvalue weighted by Crippen LogP contribution is -2.37. The van der Waals surface area contributed by atoms with E-state index in [4.69, 9.17) is 16.7 Å². The Morgan fingerprint density at radius 3 is 2.58 bits per heavy atom. The molecule has 0 saturated carbocycles. The summed E-state index contributed by atoms with van der Waals surface area (Å²) in [5, 5.41) is 12.6. The molecule has 0 aliphatic carbocycles. The molecule has 9 heteroatoms. The zero-order chi connectivity index (χ0) is 17.7. The number of aryl methyl sites for hydroxylation is 1. The molecule has 1 unspecified atom stereocenters. The van der Waals surface area contributed by atoms with Crippen molar-refractivity contribution in [3.8, 4) is 0 Å². The summed E-state index contributed by atoms with van der Waals surface area (Å²) in [5.74, 6) is -0.981. The van der Waals surface area contributed by atoms with E-state index in [2.05, 4.69) is 9.82 Å². The van der Waals surface area contributed by atoms with Crippen molar-refractivity contribution >= 4 is 27.6 Å². The molecule has 0 aliphatic rings. The molecule has 0 radical (unpaired) electrons. The van der Waals surface area contributed by atoms with Crippen LogP contribution in [0.25, 0.3) is 0 Å². The molecular formula is C15H18ClN3O4S. The number of hydrogen-bond donors (Lipinski definition) is 2. The Balaban J connectivity index is 2.22. The van der Waals surface area contributed by atoms with E-state index >= 15 is 0 Å². The molecule has 0 amide bonds. The second-order valence-electron chi connectivity index (χ2n) is 5.36. The van der Waals surface area contributed by atoms with Crippen LogP contribution in [0.1, 0.15) is 18.4 Å². The molecule has 2 rings (SSSR count). The van der Waals surface area contributed by atoms with Crippen LogP contribution in [0.15, 0.2) is 41.6 Å². The van der Waals surface area contributed by atoms with Crippen molar-refractivity contribution in [3.63, 3.8) is 0 Å². The van der Waals surface area contributed by atoms with E-state index in [0.29, 0.717) is 6.42 Å². The Labute approximate surface area is 145 Å². The zero-order valence-corrected chi connectivity index (χ0v) is 14.6. The Bertz CT molecular complexity index is 786. The van der Waals surface area contributed by atoms with E-state index in [-0.39, 0.29) is 22.9 Å². The van der Waals surface area contributed by atoms with Crippen molar-refractivity contribution in [3.05, 3.63) is 47.1 Å². The van der Waals surface area contributed by atoms with Gasteiger partial charge in [0.05, 0.1) is 11.2 Å². The van der Waals surface area contributed by atoms with Gasteiger partial charge >= 0.3 is 5.97 Å². The molecule has 2 N–H and O–H groups in total. The standard InChI is InChI=1S/C15H18ClN3O4S/c1-19-15(13(16)10-17-19)24(22,23)18-12(7-8-14(20)21)9-11-5-3-2-4-6-11/h2-6,10,12,18H,7-9H2,1H3,(H,20,21). The Morgan fingerprint density at radius 2 is 2.04 bits per heavy atom. The fraction of sp³-hybridized carbons (Fsp3) is 0.333. The summed E-state index contributed by atoms with van der Waals surface area (Å²) in [6.45, 7) is 0. The molecule has 1 aromatic heterocycles. The molecule has 1 atom stereocenters. The van der Waals surface area contributed by atoms with Crippen molar-refractivity contribution in [1.29, 1.82) is 0 Å². The predicted molar refractivity (Wildman–Crippen MR) is 89.3 cm³/mol. The number of carboxylic acids is 1. The van der Waals surface area contributed by atoms with Gasteiger partial charge in [-0.3, -0.25) is 9.48 Å². The van der Waals surface area contributed by atoms with E-state index in [0.717, 1.165) is 5.56 Å². The molecule has 0 spiro atoms. The van der Waals surface area contributed by atoms with E-state index in [1.165, 1.54) is 17.9 Å². The molecule has 1 aromatic carbocycles. The molecule has 0 bridgehead atoms. The van der Waals surface area contributed by atoms with Gasteiger partial charge in [-0.1, -0.05) is 41.9 Å². The van der Waals surface area contributed by atoms with Gasteiger partial charge in [-0.25, -0.2) is 13.1 Å². The second-order valence-corrected chi connectivity index (χ2v) is 7.40. The summed E-state index contributed by atoms with van der Waals surface area (Å²) in [4.78, 5) is 10.8. The van der Waals surface area contributed by atoms with Crippen LogP contribution in [0.4, 0.5) is 0 Å². The smallest absolute Gasteiger partial charge is 0.303 e. The number of nitrogens with one attached hydrogen (secondary N) is 1. The Kier molecular flexibility index (Phi) is 5.98. The topological polar surface area (TPSA) is 101 Å². The summed E-state index contributed by atoms with van der Waals surface area (Å²) in [6.07, 6.45) is 1.65. The summed E-state index contributed by atoms with van der Waals surface area (Å²) in [7, 11) is -2.44. The minimum absolute atomic E-state index is 0.0155. The quantitative estimate of drug-likeness (QED) is 0.737. The lowest BCUT2D eigenvalue weighted by Gasteiger charge is -2.18. The monoisotopic (exact) mass is 371 g/mol. The van der Waals surface area contributed by atoms with E-state index in [1.54, 1.807) is 0 Å². The molecule has 130 valence electrons. The number of nitrogens with zero attached hydrogens (tertiary/aromatic N) is 2. The third-order valence-corrected chi connectivity index (χ3v) is 5.48. The highest BCUT2D eigenvalue weighted by atomic mass is 35.5. The SMILES string of the molecule is Cn1ncc(Cl)c1S(=O)(=O)NC(CCC(=O)O)Cc1ccccc1. The van der Waals surface area contributed by atoms with Gasteiger partial charge < -0.3 is 5.11 Å². The molecule has 0 aliphatic heterocycles. The van der Waals surface area contributed by atoms with E-state index in [9.17, 15) is 13.2 Å². The number of hydrogen-bond acceptors (Lipinski definition) is 4. The molecular weight excluding hydrogens is 354 g/mol. The van der Waals surface area contributed by atoms with Crippen LogP contribution in [0.2, 0.25) is 5.02 Å². The van der Waals surface area contributed by atoms with Gasteiger partial charge in [0.2, 0.25) is 0 Å². The van der Waals surface area contributed by atoms with Gasteiger partial charge in [-0.05, 0) is 18.4 Å². The first-order valence-electron chi connectivity index (χ1n) is 7.25. The van der Waals surface area contributed by atoms with Gasteiger partial charge in [0.1, 0.15) is 0 Å². The molecule has 1 heterocycles. The lowest BCUT2D eigenvalue weighted by atomic mass is 10.0. The highest BCUT2D eigenvalue weighted by molar-refractivity contribution is 7.89. The van der Waals surface area contributed by atoms with Crippen molar-refractivity contribution in [2.75, 3.05) is 0 Å². The largest absolute Gasteiger partial charge is 0.481 e. The summed E-state index contributed by atoms with van der Waals surface area (Å²) < 4.78 is 28.9. The minimum Gasteiger partial charge on any atom is -0.481 e. The summed E-state index contributed by atoms with van der Waals surface area (Å²) >= 11 is 5.90. The van der Waals surface area contributed by atoms with Crippen molar-refractivity contribution in [2.45, 2.75) is 30.3 Å². The van der Waals surface area contributed by atoms with Crippen LogP contribution >= 0.6 is 11.6 Å². The predicted octanol–water partition coefficient (Wildman–Crippen LogP) is 1.83. The number of rotatable bonds is 8. The average Bonchev–Trinajstić information content (AvgIpc) is 2.85. The zero-order valence-electron chi connectivity index (χ0n) is 13.0. The Hall–Kier alpha value is -1.90. The Morgan fingerprint density at radius 1 is 1.38 bits per heavy atom. The lowest BCUT2D eigenvalue weighted by molar-refractivity contribution is -0.137. The number of carbonyl (C=O) groups is 1. The summed E-state index contributed by atoms with van der Waals surface area (Å²) in [6, 6.07) is 8.69. The highest BCUT2D eigenvalue weighted by Crippen LogP contribution is 2.21. The molecule has 0 saturated heterocycles. The van der Waals surface area contributed by atoms with Crippen LogP contribution in [0, 0.1) is 0 Å².